The van der Waals surface area contributed by atoms with Crippen LogP contribution in [0.4, 0.5) is 5.82 Å². The number of pyridine rings is 1. The van der Waals surface area contributed by atoms with Crippen molar-refractivity contribution >= 4 is 5.82 Å². The van der Waals surface area contributed by atoms with Crippen LogP contribution < -0.4 is 10.6 Å². The summed E-state index contributed by atoms with van der Waals surface area (Å²) >= 11 is 0. The summed E-state index contributed by atoms with van der Waals surface area (Å²) in [5, 5.41) is 0. The van der Waals surface area contributed by atoms with E-state index in [9.17, 15) is 0 Å². The molecule has 1 aromatic heterocycles. The number of ether oxygens (including phenoxy) is 1. The summed E-state index contributed by atoms with van der Waals surface area (Å²) in [5.41, 5.74) is 8.02. The van der Waals surface area contributed by atoms with Gasteiger partial charge in [-0.1, -0.05) is 6.07 Å². The SMILES string of the molecule is Cc1nc(N2CCOCC2)ccc1[C@H](C)N. The molecule has 0 radical (unpaired) electrons. The summed E-state index contributed by atoms with van der Waals surface area (Å²) < 4.78 is 5.32. The van der Waals surface area contributed by atoms with Crippen LogP contribution in [0.2, 0.25) is 0 Å². The number of nitrogens with two attached hydrogens (primary N) is 1. The van der Waals surface area contributed by atoms with Crippen LogP contribution in [0.1, 0.15) is 24.2 Å². The Morgan fingerprint density at radius 1 is 1.38 bits per heavy atom. The smallest absolute Gasteiger partial charge is 0.128 e. The number of nitrogens with zero attached hydrogens (tertiary/aromatic N) is 2. The second-order valence-electron chi connectivity index (χ2n) is 4.23. The van der Waals surface area contributed by atoms with E-state index in [1.54, 1.807) is 0 Å². The molecule has 0 aromatic carbocycles. The first-order valence-corrected chi connectivity index (χ1v) is 5.74. The van der Waals surface area contributed by atoms with Crippen molar-refractivity contribution in [1.29, 1.82) is 0 Å². The first kappa shape index (κ1) is 11.4. The van der Waals surface area contributed by atoms with Crippen molar-refractivity contribution in [3.05, 3.63) is 23.4 Å². The van der Waals surface area contributed by atoms with Crippen LogP contribution in [0.5, 0.6) is 0 Å². The van der Waals surface area contributed by atoms with Gasteiger partial charge in [0.25, 0.3) is 0 Å². The van der Waals surface area contributed by atoms with E-state index in [-0.39, 0.29) is 6.04 Å². The van der Waals surface area contributed by atoms with Crippen molar-refractivity contribution in [1.82, 2.24) is 4.98 Å². The van der Waals surface area contributed by atoms with Crippen LogP contribution in [-0.4, -0.2) is 31.3 Å². The lowest BCUT2D eigenvalue weighted by molar-refractivity contribution is 0.122. The van der Waals surface area contributed by atoms with Gasteiger partial charge >= 0.3 is 0 Å². The van der Waals surface area contributed by atoms with Crippen LogP contribution in [-0.2, 0) is 4.74 Å². The molecule has 0 spiro atoms. The van der Waals surface area contributed by atoms with Crippen molar-refractivity contribution in [3.8, 4) is 0 Å². The number of aryl methyl sites for hydroxylation is 1. The predicted octanol–water partition coefficient (Wildman–Crippen LogP) is 1.25. The minimum Gasteiger partial charge on any atom is -0.378 e. The molecule has 0 aliphatic carbocycles. The van der Waals surface area contributed by atoms with Crippen molar-refractivity contribution < 1.29 is 4.74 Å². The van der Waals surface area contributed by atoms with Crippen LogP contribution >= 0.6 is 0 Å². The fourth-order valence-corrected chi connectivity index (χ4v) is 2.01. The lowest BCUT2D eigenvalue weighted by Gasteiger charge is -2.28. The molecule has 0 unspecified atom stereocenters. The van der Waals surface area contributed by atoms with Gasteiger partial charge in [-0.05, 0) is 25.5 Å². The third-order valence-electron chi connectivity index (χ3n) is 2.94. The average Bonchev–Trinajstić information content (AvgIpc) is 2.29. The van der Waals surface area contributed by atoms with Crippen LogP contribution in [0.15, 0.2) is 12.1 Å². The van der Waals surface area contributed by atoms with E-state index in [0.717, 1.165) is 43.4 Å². The Hall–Kier alpha value is -1.13. The van der Waals surface area contributed by atoms with E-state index >= 15 is 0 Å². The molecule has 88 valence electrons. The van der Waals surface area contributed by atoms with Crippen molar-refractivity contribution in [2.45, 2.75) is 19.9 Å². The molecule has 4 nitrogen and oxygen atoms in total. The van der Waals surface area contributed by atoms with E-state index in [1.807, 2.05) is 13.8 Å². The van der Waals surface area contributed by atoms with Crippen LogP contribution in [0.3, 0.4) is 0 Å². The van der Waals surface area contributed by atoms with Crippen molar-refractivity contribution in [2.24, 2.45) is 5.73 Å². The fraction of sp³-hybridized carbons (Fsp3) is 0.583. The van der Waals surface area contributed by atoms with Gasteiger partial charge in [0.05, 0.1) is 13.2 Å². The molecule has 1 atom stereocenters. The normalized spacial score (nSPS) is 18.6. The molecule has 2 rings (SSSR count). The summed E-state index contributed by atoms with van der Waals surface area (Å²) in [6.45, 7) is 7.42. The van der Waals surface area contributed by atoms with Crippen molar-refractivity contribution in [3.63, 3.8) is 0 Å². The monoisotopic (exact) mass is 221 g/mol. The highest BCUT2D eigenvalue weighted by Crippen LogP contribution is 2.19. The summed E-state index contributed by atoms with van der Waals surface area (Å²) in [7, 11) is 0. The predicted molar refractivity (Wildman–Crippen MR) is 64.6 cm³/mol. The van der Waals surface area contributed by atoms with Gasteiger partial charge in [-0.3, -0.25) is 0 Å². The molecule has 0 amide bonds. The Labute approximate surface area is 96.4 Å². The van der Waals surface area contributed by atoms with Crippen molar-refractivity contribution in [2.75, 3.05) is 31.2 Å². The molecule has 16 heavy (non-hydrogen) atoms. The standard InChI is InChI=1S/C12H19N3O/c1-9(13)11-3-4-12(14-10(11)2)15-5-7-16-8-6-15/h3-4,9H,5-8,13H2,1-2H3/t9-/m0/s1. The number of aromatic nitrogens is 1. The van der Waals surface area contributed by atoms with Gasteiger partial charge in [0, 0.05) is 24.8 Å². The highest BCUT2D eigenvalue weighted by Gasteiger charge is 2.13. The maximum Gasteiger partial charge on any atom is 0.128 e. The third-order valence-corrected chi connectivity index (χ3v) is 2.94. The van der Waals surface area contributed by atoms with Gasteiger partial charge in [-0.25, -0.2) is 4.98 Å². The molecular formula is C12H19N3O. The maximum atomic E-state index is 5.87. The first-order chi connectivity index (χ1) is 7.68. The molecule has 2 N–H and O–H groups in total. The number of rotatable bonds is 2. The highest BCUT2D eigenvalue weighted by atomic mass is 16.5. The van der Waals surface area contributed by atoms with Gasteiger partial charge in [0.1, 0.15) is 5.82 Å². The number of hydrogen-bond donors (Lipinski definition) is 1. The van der Waals surface area contributed by atoms with Gasteiger partial charge in [0.15, 0.2) is 0 Å². The second-order valence-corrected chi connectivity index (χ2v) is 4.23. The van der Waals surface area contributed by atoms with E-state index in [1.165, 1.54) is 0 Å². The molecule has 1 aliphatic heterocycles. The van der Waals surface area contributed by atoms with E-state index in [0.29, 0.717) is 0 Å². The molecule has 1 saturated heterocycles. The lowest BCUT2D eigenvalue weighted by Crippen LogP contribution is -2.36. The Morgan fingerprint density at radius 2 is 2.06 bits per heavy atom. The zero-order valence-corrected chi connectivity index (χ0v) is 9.94. The van der Waals surface area contributed by atoms with Gasteiger partial charge < -0.3 is 15.4 Å². The molecule has 1 aliphatic rings. The topological polar surface area (TPSA) is 51.4 Å². The van der Waals surface area contributed by atoms with E-state index in [2.05, 4.69) is 22.0 Å². The zero-order chi connectivity index (χ0) is 11.5. The number of hydrogen-bond acceptors (Lipinski definition) is 4. The quantitative estimate of drug-likeness (QED) is 0.816. The molecular weight excluding hydrogens is 202 g/mol. The molecule has 4 heteroatoms. The fourth-order valence-electron chi connectivity index (χ4n) is 2.01. The minimum atomic E-state index is 0.0474. The van der Waals surface area contributed by atoms with Gasteiger partial charge in [-0.15, -0.1) is 0 Å². The molecule has 1 aromatic rings. The Kier molecular flexibility index (Phi) is 3.41. The Morgan fingerprint density at radius 3 is 2.62 bits per heavy atom. The third kappa shape index (κ3) is 2.33. The summed E-state index contributed by atoms with van der Waals surface area (Å²) in [6, 6.07) is 4.18. The summed E-state index contributed by atoms with van der Waals surface area (Å²) in [6.07, 6.45) is 0. The largest absolute Gasteiger partial charge is 0.378 e. The number of morpholine rings is 1. The Balaban J connectivity index is 2.19. The average molecular weight is 221 g/mol. The Bertz CT molecular complexity index is 359. The maximum absolute atomic E-state index is 5.87. The van der Waals surface area contributed by atoms with E-state index < -0.39 is 0 Å². The van der Waals surface area contributed by atoms with E-state index in [4.69, 9.17) is 10.5 Å². The van der Waals surface area contributed by atoms with Crippen LogP contribution in [0.25, 0.3) is 0 Å². The van der Waals surface area contributed by atoms with Crippen LogP contribution in [0, 0.1) is 6.92 Å². The molecule has 0 bridgehead atoms. The highest BCUT2D eigenvalue weighted by molar-refractivity contribution is 5.42. The lowest BCUT2D eigenvalue weighted by atomic mass is 10.1. The minimum absolute atomic E-state index is 0.0474. The molecule has 0 saturated carbocycles. The van der Waals surface area contributed by atoms with Gasteiger partial charge in [-0.2, -0.15) is 0 Å². The zero-order valence-electron chi connectivity index (χ0n) is 9.94. The summed E-state index contributed by atoms with van der Waals surface area (Å²) in [5.74, 6) is 1.03. The number of anilines is 1. The first-order valence-electron chi connectivity index (χ1n) is 5.74. The summed E-state index contributed by atoms with van der Waals surface area (Å²) in [4.78, 5) is 6.86. The molecule has 1 fully saturated rings. The molecule has 2 heterocycles. The second kappa shape index (κ2) is 4.80. The van der Waals surface area contributed by atoms with Gasteiger partial charge in [0.2, 0.25) is 0 Å².